The van der Waals surface area contributed by atoms with E-state index in [2.05, 4.69) is 4.98 Å². The molecule has 0 fully saturated rings. The molecule has 0 aliphatic carbocycles. The van der Waals surface area contributed by atoms with Crippen molar-refractivity contribution in [1.29, 1.82) is 0 Å². The van der Waals surface area contributed by atoms with Crippen LogP contribution in [-0.2, 0) is 41.0 Å². The van der Waals surface area contributed by atoms with Gasteiger partial charge in [-0.25, -0.2) is 13.4 Å². The number of methoxy groups -OCH3 is 1. The molecule has 0 saturated heterocycles. The Hall–Kier alpha value is -3.06. The minimum Gasteiger partial charge on any atom is -0.497 e. The Balaban J connectivity index is 2.03. The summed E-state index contributed by atoms with van der Waals surface area (Å²) in [5, 5.41) is -0.545. The summed E-state index contributed by atoms with van der Waals surface area (Å²) in [6.45, 7) is -0.881. The number of hydrogen-bond donors (Lipinski definition) is 1. The third kappa shape index (κ3) is 5.70. The molecule has 1 aromatic heterocycles. The second-order valence-corrected chi connectivity index (χ2v) is 9.20. The van der Waals surface area contributed by atoms with Gasteiger partial charge in [-0.05, 0) is 35.4 Å². The summed E-state index contributed by atoms with van der Waals surface area (Å²) in [7, 11) is -2.72. The molecular formula is C21H19F6N3O3S. The van der Waals surface area contributed by atoms with Crippen molar-refractivity contribution in [2.24, 2.45) is 5.73 Å². The van der Waals surface area contributed by atoms with E-state index in [1.54, 1.807) is 12.1 Å². The molecule has 0 bridgehead atoms. The predicted octanol–water partition coefficient (Wildman–Crippen LogP) is 4.41. The lowest BCUT2D eigenvalue weighted by molar-refractivity contribution is -0.143. The predicted molar refractivity (Wildman–Crippen MR) is 110 cm³/mol. The van der Waals surface area contributed by atoms with E-state index >= 15 is 0 Å². The summed E-state index contributed by atoms with van der Waals surface area (Å²) < 4.78 is 111. The van der Waals surface area contributed by atoms with E-state index in [9.17, 15) is 34.8 Å². The zero-order chi connectivity index (χ0) is 25.3. The lowest BCUT2D eigenvalue weighted by Gasteiger charge is -2.17. The van der Waals surface area contributed by atoms with Gasteiger partial charge in [0.25, 0.3) is 0 Å². The number of nitrogens with two attached hydrogens (primary N) is 1. The first-order valence-corrected chi connectivity index (χ1v) is 11.3. The quantitative estimate of drug-likeness (QED) is 0.479. The van der Waals surface area contributed by atoms with Crippen LogP contribution in [0.4, 0.5) is 26.3 Å². The van der Waals surface area contributed by atoms with Crippen LogP contribution in [0.5, 0.6) is 5.75 Å². The molecule has 13 heteroatoms. The zero-order valence-electron chi connectivity index (χ0n) is 17.6. The van der Waals surface area contributed by atoms with Gasteiger partial charge >= 0.3 is 12.4 Å². The van der Waals surface area contributed by atoms with E-state index in [4.69, 9.17) is 10.5 Å². The van der Waals surface area contributed by atoms with Crippen LogP contribution in [0.15, 0.2) is 53.8 Å². The Labute approximate surface area is 190 Å². The van der Waals surface area contributed by atoms with Gasteiger partial charge in [-0.1, -0.05) is 18.2 Å². The normalized spacial score (nSPS) is 12.7. The number of benzene rings is 2. The molecule has 2 N–H and O–H groups in total. The molecule has 34 heavy (non-hydrogen) atoms. The summed E-state index contributed by atoms with van der Waals surface area (Å²) in [5.41, 5.74) is 2.45. The van der Waals surface area contributed by atoms with Gasteiger partial charge in [0.2, 0.25) is 15.0 Å². The van der Waals surface area contributed by atoms with Crippen molar-refractivity contribution in [2.45, 2.75) is 36.4 Å². The lowest BCUT2D eigenvalue weighted by atomic mass is 10.0. The molecule has 6 nitrogen and oxygen atoms in total. The van der Waals surface area contributed by atoms with Gasteiger partial charge < -0.3 is 15.0 Å². The van der Waals surface area contributed by atoms with Crippen LogP contribution in [0.2, 0.25) is 0 Å². The Morgan fingerprint density at radius 1 is 1.00 bits per heavy atom. The number of rotatable bonds is 7. The highest BCUT2D eigenvalue weighted by Gasteiger charge is 2.38. The first-order chi connectivity index (χ1) is 15.7. The van der Waals surface area contributed by atoms with Crippen molar-refractivity contribution in [3.05, 3.63) is 76.6 Å². The fraction of sp³-hybridized carbons (Fsp3) is 0.286. The number of sulfone groups is 1. The Morgan fingerprint density at radius 3 is 2.18 bits per heavy atom. The molecule has 0 aliphatic rings. The molecule has 3 aromatic rings. The number of aromatic nitrogens is 2. The second-order valence-electron chi connectivity index (χ2n) is 7.32. The fourth-order valence-electron chi connectivity index (χ4n) is 3.25. The third-order valence-electron chi connectivity index (χ3n) is 4.88. The molecule has 2 aromatic carbocycles. The van der Waals surface area contributed by atoms with E-state index in [1.807, 2.05) is 0 Å². The largest absolute Gasteiger partial charge is 0.497 e. The lowest BCUT2D eigenvalue weighted by Crippen LogP contribution is -2.17. The Morgan fingerprint density at radius 2 is 1.65 bits per heavy atom. The molecule has 0 atom stereocenters. The van der Waals surface area contributed by atoms with Crippen LogP contribution in [0.1, 0.15) is 27.9 Å². The van der Waals surface area contributed by atoms with Gasteiger partial charge in [-0.2, -0.15) is 26.3 Å². The molecule has 3 rings (SSSR count). The maximum absolute atomic E-state index is 13.5. The summed E-state index contributed by atoms with van der Waals surface area (Å²) in [5.74, 6) is -0.0213. The minimum atomic E-state index is -5.10. The van der Waals surface area contributed by atoms with Crippen molar-refractivity contribution in [2.75, 3.05) is 7.11 Å². The molecule has 0 amide bonds. The van der Waals surface area contributed by atoms with Crippen LogP contribution in [0.3, 0.4) is 0 Å². The first kappa shape index (κ1) is 25.6. The van der Waals surface area contributed by atoms with Crippen LogP contribution < -0.4 is 10.5 Å². The first-order valence-electron chi connectivity index (χ1n) is 9.63. The van der Waals surface area contributed by atoms with Crippen molar-refractivity contribution in [3.8, 4) is 5.75 Å². The number of imidazole rings is 1. The minimum absolute atomic E-state index is 0.00162. The number of ether oxygens (including phenoxy) is 1. The van der Waals surface area contributed by atoms with Crippen molar-refractivity contribution >= 4 is 9.84 Å². The topological polar surface area (TPSA) is 87.2 Å². The average Bonchev–Trinajstić information content (AvgIpc) is 3.17. The van der Waals surface area contributed by atoms with Crippen LogP contribution in [0.25, 0.3) is 0 Å². The smallest absolute Gasteiger partial charge is 0.416 e. The monoisotopic (exact) mass is 507 g/mol. The Kier molecular flexibility index (Phi) is 6.99. The molecule has 0 unspecified atom stereocenters. The van der Waals surface area contributed by atoms with E-state index in [-0.39, 0.29) is 18.3 Å². The molecule has 184 valence electrons. The zero-order valence-corrected chi connectivity index (χ0v) is 18.4. The maximum atomic E-state index is 13.5. The SMILES string of the molecule is COc1ccc(CS(=O)(=O)c2nc(CN)cn2Cc2ccc(C(F)(F)F)cc2C(F)(F)F)cc1. The maximum Gasteiger partial charge on any atom is 0.416 e. The number of hydrogen-bond acceptors (Lipinski definition) is 5. The van der Waals surface area contributed by atoms with Gasteiger partial charge in [0.1, 0.15) is 5.75 Å². The summed E-state index contributed by atoms with van der Waals surface area (Å²) in [6.07, 6.45) is -8.91. The molecule has 0 saturated carbocycles. The Bertz CT molecular complexity index is 1270. The van der Waals surface area contributed by atoms with Gasteiger partial charge in [0.05, 0.1) is 36.2 Å². The highest BCUT2D eigenvalue weighted by atomic mass is 32.2. The highest BCUT2D eigenvalue weighted by molar-refractivity contribution is 7.90. The van der Waals surface area contributed by atoms with E-state index in [0.717, 1.165) is 4.57 Å². The molecule has 0 radical (unpaired) electrons. The van der Waals surface area contributed by atoms with Crippen LogP contribution >= 0.6 is 0 Å². The number of halogens is 6. The summed E-state index contributed by atoms with van der Waals surface area (Å²) in [4.78, 5) is 3.94. The van der Waals surface area contributed by atoms with Crippen molar-refractivity contribution in [3.63, 3.8) is 0 Å². The van der Waals surface area contributed by atoms with Crippen molar-refractivity contribution in [1.82, 2.24) is 9.55 Å². The summed E-state index contributed by atoms with van der Waals surface area (Å²) in [6, 6.07) is 7.28. The fourth-order valence-corrected chi connectivity index (χ4v) is 4.75. The van der Waals surface area contributed by atoms with Gasteiger partial charge in [0, 0.05) is 12.7 Å². The van der Waals surface area contributed by atoms with Gasteiger partial charge in [0.15, 0.2) is 0 Å². The summed E-state index contributed by atoms with van der Waals surface area (Å²) >= 11 is 0. The van der Waals surface area contributed by atoms with Crippen LogP contribution in [-0.4, -0.2) is 25.1 Å². The van der Waals surface area contributed by atoms with Crippen molar-refractivity contribution < 1.29 is 39.5 Å². The highest BCUT2D eigenvalue weighted by Crippen LogP contribution is 2.38. The van der Waals surface area contributed by atoms with E-state index in [0.29, 0.717) is 23.4 Å². The van der Waals surface area contributed by atoms with E-state index < -0.39 is 56.3 Å². The van der Waals surface area contributed by atoms with E-state index in [1.165, 1.54) is 25.4 Å². The third-order valence-corrected chi connectivity index (χ3v) is 6.47. The molecule has 0 spiro atoms. The molecule has 0 aliphatic heterocycles. The van der Waals surface area contributed by atoms with Gasteiger partial charge in [-0.3, -0.25) is 0 Å². The number of alkyl halides is 6. The van der Waals surface area contributed by atoms with Crippen LogP contribution in [0, 0.1) is 0 Å². The molecule has 1 heterocycles. The standard InChI is InChI=1S/C21H19F6N3O3S/c1-33-17-6-2-13(3-7-17)12-34(31,32)19-29-16(9-28)11-30(19)10-14-4-5-15(20(22,23)24)8-18(14)21(25,26)27/h2-8,11H,9-10,12,28H2,1H3. The second kappa shape index (κ2) is 9.29. The molecular weight excluding hydrogens is 488 g/mol. The number of nitrogens with zero attached hydrogens (tertiary/aromatic N) is 2. The average molecular weight is 507 g/mol. The van der Waals surface area contributed by atoms with Gasteiger partial charge in [-0.15, -0.1) is 0 Å².